The lowest BCUT2D eigenvalue weighted by Crippen LogP contribution is -2.43. The van der Waals surface area contributed by atoms with Crippen LogP contribution in [-0.2, 0) is 0 Å². The monoisotopic (exact) mass is 410 g/mol. The molecule has 0 bridgehead atoms. The van der Waals surface area contributed by atoms with Gasteiger partial charge in [0.2, 0.25) is 0 Å². The van der Waals surface area contributed by atoms with Crippen molar-refractivity contribution in [2.24, 2.45) is 10.7 Å². The number of hydrogen-bond acceptors (Lipinski definition) is 2. The van der Waals surface area contributed by atoms with Crippen LogP contribution in [0.4, 0.5) is 0 Å². The summed E-state index contributed by atoms with van der Waals surface area (Å²) in [5, 5.41) is 0. The number of aliphatic imine (C=N–C) groups is 1. The third kappa shape index (κ3) is 3.70. The first-order chi connectivity index (χ1) is 15.7. The zero-order chi connectivity index (χ0) is 21.9. The summed E-state index contributed by atoms with van der Waals surface area (Å²) < 4.78 is 0. The SMILES string of the molecule is C=C(/N=C(\C=C(/N)B1c2ccccc2-c2ccccc21)c1ccccc1)c1ccccc1. The minimum atomic E-state index is 0.00121. The van der Waals surface area contributed by atoms with Gasteiger partial charge in [-0.3, -0.25) is 0 Å². The van der Waals surface area contributed by atoms with E-state index in [0.717, 1.165) is 22.4 Å². The number of allylic oxidation sites excluding steroid dienone is 1. The Kier molecular flexibility index (Phi) is 5.31. The van der Waals surface area contributed by atoms with Gasteiger partial charge in [-0.05, 0) is 28.4 Å². The van der Waals surface area contributed by atoms with Gasteiger partial charge in [0, 0.05) is 5.56 Å². The number of nitrogens with zero attached hydrogens (tertiary/aromatic N) is 1. The molecule has 4 aromatic carbocycles. The Morgan fingerprint density at radius 2 is 1.12 bits per heavy atom. The molecule has 0 amide bonds. The summed E-state index contributed by atoms with van der Waals surface area (Å²) in [5.74, 6) is 0. The van der Waals surface area contributed by atoms with Crippen LogP contribution in [0.1, 0.15) is 11.1 Å². The van der Waals surface area contributed by atoms with Crippen molar-refractivity contribution in [2.75, 3.05) is 0 Å². The fourth-order valence-electron chi connectivity index (χ4n) is 4.39. The quantitative estimate of drug-likeness (QED) is 0.372. The number of hydrogen-bond donors (Lipinski definition) is 1. The van der Waals surface area contributed by atoms with E-state index in [-0.39, 0.29) is 6.71 Å². The van der Waals surface area contributed by atoms with Crippen LogP contribution in [0.5, 0.6) is 0 Å². The molecule has 32 heavy (non-hydrogen) atoms. The Labute approximate surface area is 189 Å². The highest BCUT2D eigenvalue weighted by atomic mass is 14.8. The third-order valence-corrected chi connectivity index (χ3v) is 5.90. The van der Waals surface area contributed by atoms with Crippen LogP contribution in [-0.4, -0.2) is 12.4 Å². The topological polar surface area (TPSA) is 38.4 Å². The normalized spacial score (nSPS) is 12.9. The van der Waals surface area contributed by atoms with E-state index in [1.54, 1.807) is 0 Å². The number of rotatable bonds is 5. The molecule has 1 aliphatic rings. The van der Waals surface area contributed by atoms with Gasteiger partial charge < -0.3 is 5.73 Å². The minimum Gasteiger partial charge on any atom is -0.409 e. The lowest BCUT2D eigenvalue weighted by atomic mass is 9.40. The van der Waals surface area contributed by atoms with Crippen molar-refractivity contribution in [1.82, 2.24) is 0 Å². The summed E-state index contributed by atoms with van der Waals surface area (Å²) in [4.78, 5) is 4.91. The smallest absolute Gasteiger partial charge is 0.262 e. The molecular formula is C29H23BN2. The first-order valence-electron chi connectivity index (χ1n) is 10.8. The van der Waals surface area contributed by atoms with Crippen molar-refractivity contribution in [3.63, 3.8) is 0 Å². The molecule has 0 radical (unpaired) electrons. The molecular weight excluding hydrogens is 387 g/mol. The van der Waals surface area contributed by atoms with Crippen molar-refractivity contribution in [3.8, 4) is 11.1 Å². The zero-order valence-corrected chi connectivity index (χ0v) is 17.8. The summed E-state index contributed by atoms with van der Waals surface area (Å²) in [7, 11) is 0. The Morgan fingerprint density at radius 3 is 1.69 bits per heavy atom. The largest absolute Gasteiger partial charge is 0.409 e. The molecule has 3 heteroatoms. The summed E-state index contributed by atoms with van der Waals surface area (Å²) in [6.45, 7) is 4.21. The fourth-order valence-corrected chi connectivity index (χ4v) is 4.39. The standard InChI is InChI=1S/C29H23BN2/c1-21(22-12-4-2-5-13-22)32-28(23-14-6-3-7-15-23)20-29(31)30-26-18-10-8-16-24(26)25-17-9-11-19-27(25)30/h2-20H,1,31H2/b29-20-,32-28+. The molecule has 0 aliphatic carbocycles. The van der Waals surface area contributed by atoms with E-state index in [9.17, 15) is 0 Å². The maximum atomic E-state index is 6.81. The van der Waals surface area contributed by atoms with E-state index in [0.29, 0.717) is 5.70 Å². The predicted molar refractivity (Wildman–Crippen MR) is 138 cm³/mol. The van der Waals surface area contributed by atoms with E-state index in [1.165, 1.54) is 22.1 Å². The second-order valence-corrected chi connectivity index (χ2v) is 7.93. The van der Waals surface area contributed by atoms with E-state index >= 15 is 0 Å². The third-order valence-electron chi connectivity index (χ3n) is 5.90. The van der Waals surface area contributed by atoms with Crippen LogP contribution in [0.15, 0.2) is 132 Å². The Balaban J connectivity index is 1.61. The molecule has 0 fully saturated rings. The van der Waals surface area contributed by atoms with Gasteiger partial charge in [0.1, 0.15) is 0 Å². The van der Waals surface area contributed by atoms with E-state index in [2.05, 4.69) is 67.2 Å². The van der Waals surface area contributed by atoms with E-state index in [1.807, 2.05) is 54.6 Å². The summed E-state index contributed by atoms with van der Waals surface area (Å²) in [6.07, 6.45) is 2.01. The van der Waals surface area contributed by atoms with Gasteiger partial charge in [0.25, 0.3) is 6.71 Å². The molecule has 2 N–H and O–H groups in total. The maximum Gasteiger partial charge on any atom is 0.262 e. The van der Waals surface area contributed by atoms with Crippen molar-refractivity contribution in [3.05, 3.63) is 139 Å². The molecule has 0 unspecified atom stereocenters. The average Bonchev–Trinajstić information content (AvgIpc) is 3.19. The van der Waals surface area contributed by atoms with Crippen LogP contribution in [0.3, 0.4) is 0 Å². The molecule has 2 nitrogen and oxygen atoms in total. The molecule has 0 saturated carbocycles. The van der Waals surface area contributed by atoms with Crippen LogP contribution in [0.2, 0.25) is 0 Å². The zero-order valence-electron chi connectivity index (χ0n) is 17.8. The summed E-state index contributed by atoms with van der Waals surface area (Å²) in [5.41, 5.74) is 16.1. The van der Waals surface area contributed by atoms with Gasteiger partial charge in [0.05, 0.1) is 11.4 Å². The van der Waals surface area contributed by atoms with Gasteiger partial charge in [-0.2, -0.15) is 0 Å². The Hall–Kier alpha value is -4.11. The van der Waals surface area contributed by atoms with Crippen molar-refractivity contribution in [1.29, 1.82) is 0 Å². The average molecular weight is 410 g/mol. The second-order valence-electron chi connectivity index (χ2n) is 7.93. The molecule has 0 aromatic heterocycles. The van der Waals surface area contributed by atoms with Gasteiger partial charge in [-0.1, -0.05) is 127 Å². The highest BCUT2D eigenvalue weighted by Crippen LogP contribution is 2.24. The highest BCUT2D eigenvalue weighted by molar-refractivity contribution is 6.94. The first kappa shape index (κ1) is 19.8. The lowest BCUT2D eigenvalue weighted by Gasteiger charge is -2.12. The maximum absolute atomic E-state index is 6.81. The van der Waals surface area contributed by atoms with Crippen LogP contribution in [0.25, 0.3) is 16.8 Å². The van der Waals surface area contributed by atoms with Gasteiger partial charge in [-0.15, -0.1) is 0 Å². The predicted octanol–water partition coefficient (Wildman–Crippen LogP) is 4.82. The summed E-state index contributed by atoms with van der Waals surface area (Å²) in [6, 6.07) is 37.2. The van der Waals surface area contributed by atoms with E-state index < -0.39 is 0 Å². The molecule has 0 spiro atoms. The lowest BCUT2D eigenvalue weighted by molar-refractivity contribution is 1.47. The van der Waals surface area contributed by atoms with Gasteiger partial charge in [0.15, 0.2) is 0 Å². The van der Waals surface area contributed by atoms with Crippen molar-refractivity contribution >= 4 is 29.0 Å². The fraction of sp³-hybridized carbons (Fsp3) is 0. The summed E-state index contributed by atoms with van der Waals surface area (Å²) >= 11 is 0. The van der Waals surface area contributed by atoms with Crippen LogP contribution >= 0.6 is 0 Å². The van der Waals surface area contributed by atoms with Crippen LogP contribution < -0.4 is 16.7 Å². The molecule has 1 heterocycles. The van der Waals surface area contributed by atoms with Crippen molar-refractivity contribution < 1.29 is 0 Å². The Bertz CT molecular complexity index is 1290. The number of fused-ring (bicyclic) bond motifs is 3. The number of benzene rings is 4. The highest BCUT2D eigenvalue weighted by Gasteiger charge is 2.33. The number of nitrogens with two attached hydrogens (primary N) is 1. The molecule has 4 aromatic rings. The molecule has 0 atom stereocenters. The minimum absolute atomic E-state index is 0.00121. The Morgan fingerprint density at radius 1 is 0.656 bits per heavy atom. The van der Waals surface area contributed by atoms with Crippen molar-refractivity contribution in [2.45, 2.75) is 0 Å². The molecule has 1 aliphatic heterocycles. The van der Waals surface area contributed by atoms with Crippen LogP contribution in [0, 0.1) is 0 Å². The second kappa shape index (κ2) is 8.56. The van der Waals surface area contributed by atoms with Gasteiger partial charge in [-0.25, -0.2) is 4.99 Å². The first-order valence-corrected chi connectivity index (χ1v) is 10.8. The molecule has 5 rings (SSSR count). The van der Waals surface area contributed by atoms with E-state index in [4.69, 9.17) is 10.7 Å². The van der Waals surface area contributed by atoms with Gasteiger partial charge >= 0.3 is 0 Å². The molecule has 152 valence electrons. The molecule has 0 saturated heterocycles.